The van der Waals surface area contributed by atoms with Crippen molar-refractivity contribution in [2.24, 2.45) is 0 Å². The lowest BCUT2D eigenvalue weighted by atomic mass is 9.79. The SMILES string of the molecule is CCOC(=O)C1=C(C)N(COC(C)C)C(C)=C(C(=O)OCC)C1c1cccc([N+](=O)[O-])c1. The van der Waals surface area contributed by atoms with Gasteiger partial charge in [-0.05, 0) is 47.1 Å². The third-order valence-electron chi connectivity index (χ3n) is 5.11. The highest BCUT2D eigenvalue weighted by atomic mass is 16.6. The van der Waals surface area contributed by atoms with Crippen LogP contribution in [0.3, 0.4) is 0 Å². The molecule has 0 spiro atoms. The van der Waals surface area contributed by atoms with Crippen LogP contribution in [0.1, 0.15) is 53.0 Å². The number of nitro groups is 1. The van der Waals surface area contributed by atoms with E-state index in [2.05, 4.69) is 0 Å². The largest absolute Gasteiger partial charge is 0.463 e. The first-order valence-electron chi connectivity index (χ1n) is 10.5. The molecule has 9 heteroatoms. The normalized spacial score (nSPS) is 14.8. The minimum absolute atomic E-state index is 0.0813. The zero-order chi connectivity index (χ0) is 24.0. The quantitative estimate of drug-likeness (QED) is 0.318. The van der Waals surface area contributed by atoms with Crippen molar-refractivity contribution in [3.8, 4) is 0 Å². The van der Waals surface area contributed by atoms with Crippen molar-refractivity contribution < 1.29 is 28.7 Å². The number of esters is 2. The Hall–Kier alpha value is -3.20. The van der Waals surface area contributed by atoms with E-state index in [1.54, 1.807) is 38.7 Å². The standard InChI is InChI=1S/C23H30N2O7/c1-7-30-22(26)19-15(5)24(13-32-14(3)4)16(6)20(23(27)31-8-2)21(19)17-10-9-11-18(12-17)25(28)29/h9-12,14,21H,7-8,13H2,1-6H3. The van der Waals surface area contributed by atoms with Gasteiger partial charge in [-0.1, -0.05) is 12.1 Å². The molecule has 1 aliphatic rings. The summed E-state index contributed by atoms with van der Waals surface area (Å²) in [6, 6.07) is 5.90. The molecule has 1 aromatic carbocycles. The summed E-state index contributed by atoms with van der Waals surface area (Å²) < 4.78 is 16.4. The number of ether oxygens (including phenoxy) is 3. The maximum Gasteiger partial charge on any atom is 0.336 e. The average molecular weight is 447 g/mol. The molecular weight excluding hydrogens is 416 g/mol. The van der Waals surface area contributed by atoms with E-state index in [0.717, 1.165) is 0 Å². The number of rotatable bonds is 9. The minimum Gasteiger partial charge on any atom is -0.463 e. The van der Waals surface area contributed by atoms with Gasteiger partial charge >= 0.3 is 11.9 Å². The molecule has 0 radical (unpaired) electrons. The first-order valence-corrected chi connectivity index (χ1v) is 10.5. The molecule has 0 fully saturated rings. The van der Waals surface area contributed by atoms with E-state index >= 15 is 0 Å². The number of benzene rings is 1. The lowest BCUT2D eigenvalue weighted by molar-refractivity contribution is -0.384. The van der Waals surface area contributed by atoms with Crippen LogP contribution >= 0.6 is 0 Å². The van der Waals surface area contributed by atoms with Gasteiger partial charge in [0, 0.05) is 23.5 Å². The first kappa shape index (κ1) is 25.1. The molecule has 0 atom stereocenters. The zero-order valence-electron chi connectivity index (χ0n) is 19.3. The van der Waals surface area contributed by atoms with Crippen molar-refractivity contribution in [1.82, 2.24) is 4.90 Å². The van der Waals surface area contributed by atoms with Gasteiger partial charge in [-0.15, -0.1) is 0 Å². The smallest absolute Gasteiger partial charge is 0.336 e. The molecule has 1 aromatic rings. The predicted octanol–water partition coefficient (Wildman–Crippen LogP) is 4.05. The lowest BCUT2D eigenvalue weighted by Gasteiger charge is -2.37. The Labute approximate surface area is 187 Å². The van der Waals surface area contributed by atoms with Crippen LogP contribution in [0, 0.1) is 10.1 Å². The minimum atomic E-state index is -0.886. The van der Waals surface area contributed by atoms with Crippen molar-refractivity contribution in [2.45, 2.75) is 53.6 Å². The number of carbonyl (C=O) groups is 2. The Kier molecular flexibility index (Phi) is 8.54. The molecule has 1 heterocycles. The summed E-state index contributed by atoms with van der Waals surface area (Å²) in [6.07, 6.45) is -0.0813. The fraction of sp³-hybridized carbons (Fsp3) is 0.478. The second kappa shape index (κ2) is 10.9. The summed E-state index contributed by atoms with van der Waals surface area (Å²) in [5, 5.41) is 11.4. The maximum absolute atomic E-state index is 13.1. The number of hydrogen-bond donors (Lipinski definition) is 0. The summed E-state index contributed by atoms with van der Waals surface area (Å²) in [5.74, 6) is -2.10. The van der Waals surface area contributed by atoms with Gasteiger partial charge in [0.2, 0.25) is 0 Å². The number of hydrogen-bond acceptors (Lipinski definition) is 8. The van der Waals surface area contributed by atoms with Crippen molar-refractivity contribution in [2.75, 3.05) is 19.9 Å². The van der Waals surface area contributed by atoms with Crippen LogP contribution in [0.4, 0.5) is 5.69 Å². The molecule has 0 aromatic heterocycles. The highest BCUT2D eigenvalue weighted by Gasteiger charge is 2.41. The number of carbonyl (C=O) groups excluding carboxylic acids is 2. The monoisotopic (exact) mass is 446 g/mol. The average Bonchev–Trinajstić information content (AvgIpc) is 2.73. The highest BCUT2D eigenvalue weighted by Crippen LogP contribution is 2.43. The van der Waals surface area contributed by atoms with Crippen LogP contribution in [0.2, 0.25) is 0 Å². The molecule has 9 nitrogen and oxygen atoms in total. The van der Waals surface area contributed by atoms with Crippen molar-refractivity contribution in [3.05, 3.63) is 62.5 Å². The van der Waals surface area contributed by atoms with Crippen LogP contribution < -0.4 is 0 Å². The Balaban J connectivity index is 2.78. The van der Waals surface area contributed by atoms with Gasteiger partial charge in [0.25, 0.3) is 5.69 Å². The number of allylic oxidation sites excluding steroid dienone is 2. The molecular formula is C23H30N2O7. The van der Waals surface area contributed by atoms with E-state index < -0.39 is 22.8 Å². The zero-order valence-corrected chi connectivity index (χ0v) is 19.3. The Morgan fingerprint density at radius 2 is 1.59 bits per heavy atom. The fourth-order valence-electron chi connectivity index (χ4n) is 3.62. The molecule has 0 saturated carbocycles. The van der Waals surface area contributed by atoms with Gasteiger partial charge in [-0.25, -0.2) is 9.59 Å². The molecule has 0 unspecified atom stereocenters. The number of nitro benzene ring substituents is 1. The van der Waals surface area contributed by atoms with Crippen LogP contribution in [0.25, 0.3) is 0 Å². The summed E-state index contributed by atoms with van der Waals surface area (Å²) >= 11 is 0. The van der Waals surface area contributed by atoms with Gasteiger partial charge < -0.3 is 19.1 Å². The maximum atomic E-state index is 13.1. The molecule has 32 heavy (non-hydrogen) atoms. The second-order valence-electron chi connectivity index (χ2n) is 7.50. The Bertz CT molecular complexity index is 907. The van der Waals surface area contributed by atoms with Crippen molar-refractivity contribution in [1.29, 1.82) is 0 Å². The van der Waals surface area contributed by atoms with Gasteiger partial charge in [0.1, 0.15) is 6.73 Å². The summed E-state index contributed by atoms with van der Waals surface area (Å²) in [5.41, 5.74) is 1.81. The number of non-ortho nitro benzene ring substituents is 1. The van der Waals surface area contributed by atoms with Crippen LogP contribution in [0.5, 0.6) is 0 Å². The summed E-state index contributed by atoms with van der Waals surface area (Å²) in [4.78, 5) is 38.7. The van der Waals surface area contributed by atoms with Crippen molar-refractivity contribution in [3.63, 3.8) is 0 Å². The summed E-state index contributed by atoms with van der Waals surface area (Å²) in [7, 11) is 0. The van der Waals surface area contributed by atoms with E-state index in [9.17, 15) is 19.7 Å². The Morgan fingerprint density at radius 3 is 2.03 bits per heavy atom. The predicted molar refractivity (Wildman–Crippen MR) is 117 cm³/mol. The molecule has 0 N–H and O–H groups in total. The third-order valence-corrected chi connectivity index (χ3v) is 5.11. The van der Waals surface area contributed by atoms with Gasteiger partial charge in [-0.2, -0.15) is 0 Å². The van der Waals surface area contributed by atoms with E-state index in [-0.39, 0.29) is 42.9 Å². The van der Waals surface area contributed by atoms with Gasteiger partial charge in [-0.3, -0.25) is 10.1 Å². The molecule has 2 rings (SSSR count). The fourth-order valence-corrected chi connectivity index (χ4v) is 3.62. The number of nitrogens with zero attached hydrogens (tertiary/aromatic N) is 2. The Morgan fingerprint density at radius 1 is 1.06 bits per heavy atom. The molecule has 0 saturated heterocycles. The van der Waals surface area contributed by atoms with E-state index in [1.165, 1.54) is 18.2 Å². The molecule has 1 aliphatic heterocycles. The third kappa shape index (κ3) is 5.34. The van der Waals surface area contributed by atoms with Gasteiger partial charge in [0.15, 0.2) is 0 Å². The molecule has 174 valence electrons. The van der Waals surface area contributed by atoms with Crippen LogP contribution in [-0.2, 0) is 23.8 Å². The van der Waals surface area contributed by atoms with E-state index in [4.69, 9.17) is 14.2 Å². The lowest BCUT2D eigenvalue weighted by Crippen LogP contribution is -2.37. The molecule has 0 bridgehead atoms. The first-order chi connectivity index (χ1) is 15.1. The van der Waals surface area contributed by atoms with Gasteiger partial charge in [0.05, 0.1) is 41.3 Å². The topological polar surface area (TPSA) is 108 Å². The van der Waals surface area contributed by atoms with Crippen LogP contribution in [-0.4, -0.2) is 47.8 Å². The molecule has 0 amide bonds. The van der Waals surface area contributed by atoms with E-state index in [0.29, 0.717) is 17.0 Å². The highest BCUT2D eigenvalue weighted by molar-refractivity contribution is 6.00. The molecule has 0 aliphatic carbocycles. The van der Waals surface area contributed by atoms with Crippen LogP contribution in [0.15, 0.2) is 46.8 Å². The second-order valence-corrected chi connectivity index (χ2v) is 7.50. The summed E-state index contributed by atoms with van der Waals surface area (Å²) in [6.45, 7) is 11.0. The van der Waals surface area contributed by atoms with Crippen molar-refractivity contribution >= 4 is 17.6 Å². The van der Waals surface area contributed by atoms with E-state index in [1.807, 2.05) is 13.8 Å².